The van der Waals surface area contributed by atoms with Crippen LogP contribution < -0.4 is 0 Å². The summed E-state index contributed by atoms with van der Waals surface area (Å²) in [7, 11) is 1.36. The van der Waals surface area contributed by atoms with Crippen molar-refractivity contribution in [2.45, 2.75) is 32.4 Å². The molecule has 140 valence electrons. The van der Waals surface area contributed by atoms with Gasteiger partial charge in [0.25, 0.3) is 0 Å². The quantitative estimate of drug-likeness (QED) is 0.544. The smallest absolute Gasteiger partial charge is 0.337 e. The monoisotopic (exact) mass is 363 g/mol. The summed E-state index contributed by atoms with van der Waals surface area (Å²) in [5.74, 6) is 0.245. The van der Waals surface area contributed by atoms with Crippen LogP contribution in [0.3, 0.4) is 0 Å². The largest absolute Gasteiger partial charge is 0.465 e. The Hall–Kier alpha value is -2.88. The first kappa shape index (κ1) is 18.9. The summed E-state index contributed by atoms with van der Waals surface area (Å²) in [5, 5.41) is 0. The van der Waals surface area contributed by atoms with E-state index < -0.39 is 0 Å². The zero-order valence-corrected chi connectivity index (χ0v) is 15.8. The normalized spacial score (nSPS) is 14.7. The van der Waals surface area contributed by atoms with Gasteiger partial charge in [0.15, 0.2) is 0 Å². The van der Waals surface area contributed by atoms with Crippen LogP contribution in [0.2, 0.25) is 0 Å². The molecule has 2 aromatic rings. The van der Waals surface area contributed by atoms with E-state index in [-0.39, 0.29) is 17.9 Å². The Morgan fingerprint density at radius 1 is 1.11 bits per heavy atom. The van der Waals surface area contributed by atoms with E-state index in [1.807, 2.05) is 35.2 Å². The highest BCUT2D eigenvalue weighted by molar-refractivity contribution is 5.92. The third kappa shape index (κ3) is 5.07. The van der Waals surface area contributed by atoms with Crippen LogP contribution in [-0.2, 0) is 16.1 Å². The van der Waals surface area contributed by atoms with Gasteiger partial charge in [-0.15, -0.1) is 0 Å². The van der Waals surface area contributed by atoms with Gasteiger partial charge in [0.1, 0.15) is 0 Å². The highest BCUT2D eigenvalue weighted by Crippen LogP contribution is 2.35. The molecular weight excluding hydrogens is 338 g/mol. The van der Waals surface area contributed by atoms with Crippen molar-refractivity contribution >= 4 is 18.0 Å². The lowest BCUT2D eigenvalue weighted by Crippen LogP contribution is -2.38. The number of ether oxygens (including phenoxy) is 1. The summed E-state index contributed by atoms with van der Waals surface area (Å²) >= 11 is 0. The van der Waals surface area contributed by atoms with Gasteiger partial charge in [-0.2, -0.15) is 0 Å². The summed E-state index contributed by atoms with van der Waals surface area (Å²) in [6.07, 6.45) is 5.80. The van der Waals surface area contributed by atoms with Crippen LogP contribution in [0, 0.1) is 5.92 Å². The summed E-state index contributed by atoms with van der Waals surface area (Å²) in [4.78, 5) is 26.3. The standard InChI is InChI=1S/C23H25NO3/c1-17(20-13-14-20)24(16-19-6-4-3-5-7-19)22(25)15-10-18-8-11-21(12-9-18)23(26)27-2/h3-12,15,17,20H,13-14,16H2,1-2H3. The Bertz CT molecular complexity index is 807. The molecular formula is C23H25NO3. The van der Waals surface area contributed by atoms with Crippen molar-refractivity contribution in [1.82, 2.24) is 4.90 Å². The Balaban J connectivity index is 1.71. The average Bonchev–Trinajstić information content (AvgIpc) is 3.55. The van der Waals surface area contributed by atoms with Crippen LogP contribution in [0.1, 0.15) is 41.3 Å². The van der Waals surface area contributed by atoms with Gasteiger partial charge in [-0.1, -0.05) is 42.5 Å². The van der Waals surface area contributed by atoms with Gasteiger partial charge in [0.05, 0.1) is 12.7 Å². The zero-order valence-electron chi connectivity index (χ0n) is 15.8. The van der Waals surface area contributed by atoms with Gasteiger partial charge in [0.2, 0.25) is 5.91 Å². The highest BCUT2D eigenvalue weighted by atomic mass is 16.5. The molecule has 0 radical (unpaired) electrons. The molecule has 0 saturated heterocycles. The summed E-state index contributed by atoms with van der Waals surface area (Å²) in [5.41, 5.74) is 2.50. The Kier molecular flexibility index (Phi) is 6.07. The maximum absolute atomic E-state index is 12.9. The zero-order chi connectivity index (χ0) is 19.2. The molecule has 1 atom stereocenters. The van der Waals surface area contributed by atoms with Crippen molar-refractivity contribution < 1.29 is 14.3 Å². The van der Waals surface area contributed by atoms with Crippen LogP contribution in [-0.4, -0.2) is 29.9 Å². The average molecular weight is 363 g/mol. The number of nitrogens with zero attached hydrogens (tertiary/aromatic N) is 1. The minimum atomic E-state index is -0.367. The predicted octanol–water partition coefficient (Wildman–Crippen LogP) is 4.31. The fourth-order valence-electron chi connectivity index (χ4n) is 3.15. The topological polar surface area (TPSA) is 46.6 Å². The number of carbonyl (C=O) groups excluding carboxylic acids is 2. The molecule has 1 aliphatic carbocycles. The van der Waals surface area contributed by atoms with Crippen molar-refractivity contribution in [3.63, 3.8) is 0 Å². The summed E-state index contributed by atoms with van der Waals surface area (Å²) in [6, 6.07) is 17.3. The molecule has 0 aliphatic heterocycles. The van der Waals surface area contributed by atoms with Gasteiger partial charge in [-0.25, -0.2) is 4.79 Å². The van der Waals surface area contributed by atoms with Crippen LogP contribution in [0.15, 0.2) is 60.7 Å². The molecule has 1 fully saturated rings. The third-order valence-corrected chi connectivity index (χ3v) is 5.02. The number of amides is 1. The summed E-state index contributed by atoms with van der Waals surface area (Å²) in [6.45, 7) is 2.75. The first-order valence-electron chi connectivity index (χ1n) is 9.29. The summed E-state index contributed by atoms with van der Waals surface area (Å²) < 4.78 is 4.70. The molecule has 27 heavy (non-hydrogen) atoms. The number of rotatable bonds is 7. The van der Waals surface area contributed by atoms with Gasteiger partial charge in [0, 0.05) is 18.7 Å². The molecule has 0 aromatic heterocycles. The second-order valence-corrected chi connectivity index (χ2v) is 6.98. The number of benzene rings is 2. The fourth-order valence-corrected chi connectivity index (χ4v) is 3.15. The number of hydrogen-bond acceptors (Lipinski definition) is 3. The first-order valence-corrected chi connectivity index (χ1v) is 9.29. The molecule has 3 rings (SSSR count). The van der Waals surface area contributed by atoms with E-state index in [2.05, 4.69) is 19.1 Å². The molecule has 0 N–H and O–H groups in total. The van der Waals surface area contributed by atoms with Crippen molar-refractivity contribution in [3.05, 3.63) is 77.4 Å². The molecule has 0 spiro atoms. The minimum Gasteiger partial charge on any atom is -0.465 e. The molecule has 0 heterocycles. The second kappa shape index (κ2) is 8.67. The molecule has 2 aromatic carbocycles. The second-order valence-electron chi connectivity index (χ2n) is 6.98. The first-order chi connectivity index (χ1) is 13.1. The number of hydrogen-bond donors (Lipinski definition) is 0. The Labute approximate surface area is 160 Å². The minimum absolute atomic E-state index is 0.00953. The number of methoxy groups -OCH3 is 1. The SMILES string of the molecule is COC(=O)c1ccc(C=CC(=O)N(Cc2ccccc2)C(C)C2CC2)cc1. The fraction of sp³-hybridized carbons (Fsp3) is 0.304. The lowest BCUT2D eigenvalue weighted by atomic mass is 10.1. The van der Waals surface area contributed by atoms with Crippen LogP contribution >= 0.6 is 0 Å². The van der Waals surface area contributed by atoms with Crippen molar-refractivity contribution in [2.24, 2.45) is 5.92 Å². The highest BCUT2D eigenvalue weighted by Gasteiger charge is 2.33. The molecule has 1 aliphatic rings. The number of esters is 1. The lowest BCUT2D eigenvalue weighted by molar-refractivity contribution is -0.129. The van der Waals surface area contributed by atoms with Crippen LogP contribution in [0.4, 0.5) is 0 Å². The van der Waals surface area contributed by atoms with E-state index in [4.69, 9.17) is 4.74 Å². The predicted molar refractivity (Wildman–Crippen MR) is 106 cm³/mol. The molecule has 1 saturated carbocycles. The molecule has 4 nitrogen and oxygen atoms in total. The van der Waals surface area contributed by atoms with Crippen molar-refractivity contribution in [3.8, 4) is 0 Å². The molecule has 0 bridgehead atoms. The van der Waals surface area contributed by atoms with Crippen molar-refractivity contribution in [1.29, 1.82) is 0 Å². The van der Waals surface area contributed by atoms with Gasteiger partial charge in [-0.3, -0.25) is 4.79 Å². The Morgan fingerprint density at radius 2 is 1.78 bits per heavy atom. The lowest BCUT2D eigenvalue weighted by Gasteiger charge is -2.28. The van der Waals surface area contributed by atoms with E-state index in [9.17, 15) is 9.59 Å². The molecule has 1 amide bonds. The number of carbonyl (C=O) groups is 2. The van der Waals surface area contributed by atoms with E-state index in [0.717, 1.165) is 11.1 Å². The maximum Gasteiger partial charge on any atom is 0.337 e. The third-order valence-electron chi connectivity index (χ3n) is 5.02. The Morgan fingerprint density at radius 3 is 2.37 bits per heavy atom. The van der Waals surface area contributed by atoms with E-state index in [0.29, 0.717) is 18.0 Å². The molecule has 1 unspecified atom stereocenters. The van der Waals surface area contributed by atoms with Gasteiger partial charge in [-0.05, 0) is 55.0 Å². The van der Waals surface area contributed by atoms with Crippen LogP contribution in [0.5, 0.6) is 0 Å². The molecule has 4 heteroatoms. The maximum atomic E-state index is 12.9. The van der Waals surface area contributed by atoms with E-state index in [1.165, 1.54) is 20.0 Å². The van der Waals surface area contributed by atoms with E-state index >= 15 is 0 Å². The van der Waals surface area contributed by atoms with Gasteiger partial charge >= 0.3 is 5.97 Å². The van der Waals surface area contributed by atoms with Crippen LogP contribution in [0.25, 0.3) is 6.08 Å². The van der Waals surface area contributed by atoms with Crippen molar-refractivity contribution in [2.75, 3.05) is 7.11 Å². The van der Waals surface area contributed by atoms with E-state index in [1.54, 1.807) is 24.3 Å². The van der Waals surface area contributed by atoms with Gasteiger partial charge < -0.3 is 9.64 Å².